The Morgan fingerprint density at radius 1 is 0.246 bits per heavy atom. The zero-order chi connectivity index (χ0) is 40.0. The first kappa shape index (κ1) is 33.9. The Morgan fingerprint density at radius 2 is 0.705 bits per heavy atom. The summed E-state index contributed by atoms with van der Waals surface area (Å²) in [5.74, 6) is 0. The van der Waals surface area contributed by atoms with Gasteiger partial charge in [-0.25, -0.2) is 0 Å². The summed E-state index contributed by atoms with van der Waals surface area (Å²) >= 11 is 0. The lowest BCUT2D eigenvalue weighted by Gasteiger charge is -2.26. The summed E-state index contributed by atoms with van der Waals surface area (Å²) in [7, 11) is 0. The molecule has 0 unspecified atom stereocenters. The van der Waals surface area contributed by atoms with Gasteiger partial charge in [-0.2, -0.15) is 0 Å². The molecule has 0 fully saturated rings. The predicted octanol–water partition coefficient (Wildman–Crippen LogP) is 16.7. The summed E-state index contributed by atoms with van der Waals surface area (Å²) in [5, 5.41) is 7.90. The topological polar surface area (TPSA) is 3.24 Å². The van der Waals surface area contributed by atoms with Gasteiger partial charge in [-0.1, -0.05) is 164 Å². The first-order chi connectivity index (χ1) is 30.2. The van der Waals surface area contributed by atoms with Crippen LogP contribution in [0.3, 0.4) is 0 Å². The summed E-state index contributed by atoms with van der Waals surface area (Å²) in [6.07, 6.45) is 13.4. The van der Waals surface area contributed by atoms with Crippen LogP contribution in [-0.2, 0) is 0 Å². The monoisotopic (exact) mass is 771 g/mol. The molecule has 0 N–H and O–H groups in total. The minimum Gasteiger partial charge on any atom is -0.311 e. The van der Waals surface area contributed by atoms with E-state index in [-0.39, 0.29) is 0 Å². The average Bonchev–Trinajstić information content (AvgIpc) is 4.07. The normalized spacial score (nSPS) is 12.7. The Balaban J connectivity index is 0.901. The van der Waals surface area contributed by atoms with Crippen molar-refractivity contribution in [3.05, 3.63) is 221 Å². The highest BCUT2D eigenvalue weighted by molar-refractivity contribution is 6.13. The van der Waals surface area contributed by atoms with Crippen molar-refractivity contribution < 1.29 is 0 Å². The maximum Gasteiger partial charge on any atom is 0.0462 e. The molecule has 0 aromatic heterocycles. The summed E-state index contributed by atoms with van der Waals surface area (Å²) in [4.78, 5) is 2.38. The van der Waals surface area contributed by atoms with Crippen LogP contribution >= 0.6 is 0 Å². The van der Waals surface area contributed by atoms with Crippen molar-refractivity contribution in [3.8, 4) is 44.5 Å². The molecule has 10 aromatic rings. The Hall–Kier alpha value is -8.00. The third kappa shape index (κ3) is 5.41. The number of benzene rings is 10. The second-order valence-corrected chi connectivity index (χ2v) is 16.5. The standard InChI is InChI=1S/C60H37N/c1-2-6-40(7-3-1)55-33-25-45-15-17-48-36-50(37-57(55)60(45)48)39-20-28-52(29-21-39)61(51-26-18-38(19-27-51)49-34-46-10-4-8-42-14-16-47(35-49)58(42)46)53-30-22-41(23-31-53)54-32-24-44-13-12-43-9-5-11-56(54)59(43)44/h1-37H. The fourth-order valence-corrected chi connectivity index (χ4v) is 10.2. The third-order valence-corrected chi connectivity index (χ3v) is 13.1. The van der Waals surface area contributed by atoms with Gasteiger partial charge in [0.05, 0.1) is 0 Å². The molecule has 0 amide bonds. The van der Waals surface area contributed by atoms with E-state index < -0.39 is 0 Å². The van der Waals surface area contributed by atoms with Crippen LogP contribution in [0.5, 0.6) is 0 Å². The minimum absolute atomic E-state index is 1.11. The third-order valence-electron chi connectivity index (χ3n) is 13.1. The van der Waals surface area contributed by atoms with E-state index in [1.54, 1.807) is 0 Å². The maximum atomic E-state index is 2.38. The number of rotatable bonds is 7. The van der Waals surface area contributed by atoms with Gasteiger partial charge in [0.2, 0.25) is 0 Å². The van der Waals surface area contributed by atoms with E-state index in [9.17, 15) is 0 Å². The van der Waals surface area contributed by atoms with Crippen LogP contribution < -0.4 is 4.90 Å². The molecule has 282 valence electrons. The first-order valence-electron chi connectivity index (χ1n) is 21.1. The molecule has 0 bridgehead atoms. The Kier molecular flexibility index (Phi) is 7.37. The van der Waals surface area contributed by atoms with Crippen molar-refractivity contribution in [2.24, 2.45) is 0 Å². The van der Waals surface area contributed by atoms with Crippen LogP contribution in [0.25, 0.3) is 113 Å². The van der Waals surface area contributed by atoms with Crippen LogP contribution in [0, 0.1) is 0 Å². The molecule has 13 rings (SSSR count). The molecular weight excluding hydrogens is 735 g/mol. The lowest BCUT2D eigenvalue weighted by Crippen LogP contribution is -2.09. The molecule has 3 aliphatic carbocycles. The summed E-state index contributed by atoms with van der Waals surface area (Å²) in [6.45, 7) is 0. The van der Waals surface area contributed by atoms with Crippen LogP contribution in [-0.4, -0.2) is 0 Å². The molecule has 0 heterocycles. The van der Waals surface area contributed by atoms with E-state index >= 15 is 0 Å². The summed E-state index contributed by atoms with van der Waals surface area (Å²) in [5.41, 5.74) is 20.9. The van der Waals surface area contributed by atoms with Crippen molar-refractivity contribution in [1.29, 1.82) is 0 Å². The van der Waals surface area contributed by atoms with E-state index in [1.807, 2.05) is 0 Å². The smallest absolute Gasteiger partial charge is 0.0462 e. The van der Waals surface area contributed by atoms with Crippen LogP contribution in [0.1, 0.15) is 33.4 Å². The molecule has 1 heteroatoms. The van der Waals surface area contributed by atoms with Gasteiger partial charge in [0.15, 0.2) is 0 Å². The highest BCUT2D eigenvalue weighted by Gasteiger charge is 2.19. The highest BCUT2D eigenvalue weighted by atomic mass is 15.1. The second-order valence-electron chi connectivity index (χ2n) is 16.5. The van der Waals surface area contributed by atoms with Gasteiger partial charge in [-0.05, 0) is 171 Å². The average molecular weight is 772 g/mol. The zero-order valence-electron chi connectivity index (χ0n) is 33.3. The van der Waals surface area contributed by atoms with Gasteiger partial charge in [0.1, 0.15) is 0 Å². The van der Waals surface area contributed by atoms with Crippen molar-refractivity contribution in [2.45, 2.75) is 0 Å². The molecule has 0 spiro atoms. The zero-order valence-corrected chi connectivity index (χ0v) is 33.3. The fourth-order valence-electron chi connectivity index (χ4n) is 10.2. The van der Waals surface area contributed by atoms with E-state index in [4.69, 9.17) is 0 Å². The highest BCUT2D eigenvalue weighted by Crippen LogP contribution is 2.44. The van der Waals surface area contributed by atoms with Crippen molar-refractivity contribution in [3.63, 3.8) is 0 Å². The quantitative estimate of drug-likeness (QED) is 0.156. The van der Waals surface area contributed by atoms with Gasteiger partial charge < -0.3 is 4.90 Å². The minimum atomic E-state index is 1.11. The molecule has 61 heavy (non-hydrogen) atoms. The largest absolute Gasteiger partial charge is 0.311 e. The van der Waals surface area contributed by atoms with Gasteiger partial charge in [0.25, 0.3) is 0 Å². The molecule has 0 saturated heterocycles. The van der Waals surface area contributed by atoms with Crippen molar-refractivity contribution in [2.75, 3.05) is 4.90 Å². The van der Waals surface area contributed by atoms with Gasteiger partial charge >= 0.3 is 0 Å². The molecule has 10 aromatic carbocycles. The lowest BCUT2D eigenvalue weighted by molar-refractivity contribution is 1.28. The van der Waals surface area contributed by atoms with Crippen LogP contribution in [0.2, 0.25) is 0 Å². The molecular formula is C60H37N. The number of anilines is 3. The SMILES string of the molecule is C1=Cc2cc(-c3ccc(N(c4ccc(-c5cc6c7c(ccc(-c8ccccc8)c7c5)C=C6)cc4)c4ccc(-c5ccc6c7c(cccc57)C=C6)cc4)cc3)cc3cccc1c23. The van der Waals surface area contributed by atoms with Crippen molar-refractivity contribution in [1.82, 2.24) is 0 Å². The lowest BCUT2D eigenvalue weighted by atomic mass is 9.91. The van der Waals surface area contributed by atoms with Crippen LogP contribution in [0.4, 0.5) is 17.1 Å². The summed E-state index contributed by atoms with van der Waals surface area (Å²) in [6, 6.07) is 69.7. The Morgan fingerprint density at radius 3 is 1.33 bits per heavy atom. The predicted molar refractivity (Wildman–Crippen MR) is 262 cm³/mol. The Labute approximate surface area is 355 Å². The van der Waals surface area contributed by atoms with E-state index in [1.165, 1.54) is 110 Å². The van der Waals surface area contributed by atoms with Gasteiger partial charge in [-0.3, -0.25) is 0 Å². The maximum absolute atomic E-state index is 2.38. The van der Waals surface area contributed by atoms with E-state index in [0.29, 0.717) is 0 Å². The van der Waals surface area contributed by atoms with Gasteiger partial charge in [0, 0.05) is 17.1 Å². The summed E-state index contributed by atoms with van der Waals surface area (Å²) < 4.78 is 0. The fraction of sp³-hybridized carbons (Fsp3) is 0. The molecule has 0 saturated carbocycles. The number of hydrogen-bond donors (Lipinski definition) is 0. The van der Waals surface area contributed by atoms with Crippen molar-refractivity contribution >= 4 is 85.8 Å². The van der Waals surface area contributed by atoms with E-state index in [0.717, 1.165) is 17.1 Å². The number of hydrogen-bond acceptors (Lipinski definition) is 1. The molecule has 3 aliphatic rings. The molecule has 1 nitrogen and oxygen atoms in total. The Bertz CT molecular complexity index is 3520. The first-order valence-corrected chi connectivity index (χ1v) is 21.1. The molecule has 0 atom stereocenters. The van der Waals surface area contributed by atoms with Gasteiger partial charge in [-0.15, -0.1) is 0 Å². The van der Waals surface area contributed by atoms with Crippen LogP contribution in [0.15, 0.2) is 188 Å². The number of nitrogens with zero attached hydrogens (tertiary/aromatic N) is 1. The molecule has 0 aliphatic heterocycles. The van der Waals surface area contributed by atoms with E-state index in [2.05, 4.69) is 229 Å². The second kappa shape index (κ2) is 13.3. The molecule has 0 radical (unpaired) electrons.